The molecule has 0 aromatic heterocycles. The van der Waals surface area contributed by atoms with Gasteiger partial charge in [-0.3, -0.25) is 19.7 Å². The number of rotatable bonds is 5. The molecule has 1 unspecified atom stereocenters. The molecule has 8 heteroatoms. The molecule has 1 aromatic rings. The molecule has 3 amide bonds. The first-order valence-corrected chi connectivity index (χ1v) is 7.17. The molecule has 1 saturated carbocycles. The number of nitrogens with zero attached hydrogens (tertiary/aromatic N) is 1. The van der Waals surface area contributed by atoms with Gasteiger partial charge in [-0.15, -0.1) is 0 Å². The van der Waals surface area contributed by atoms with E-state index in [1.165, 1.54) is 29.2 Å². The van der Waals surface area contributed by atoms with Crippen LogP contribution in [0.25, 0.3) is 0 Å². The van der Waals surface area contributed by atoms with E-state index < -0.39 is 30.4 Å². The summed E-state index contributed by atoms with van der Waals surface area (Å²) in [6.45, 7) is -2.99. The smallest absolute Gasteiger partial charge is 0.387 e. The average molecular weight is 324 g/mol. The van der Waals surface area contributed by atoms with Crippen LogP contribution >= 0.6 is 0 Å². The monoisotopic (exact) mass is 324 g/mol. The first-order chi connectivity index (χ1) is 11.0. The number of hydrogen-bond donors (Lipinski definition) is 1. The fourth-order valence-electron chi connectivity index (χ4n) is 2.63. The van der Waals surface area contributed by atoms with Gasteiger partial charge >= 0.3 is 6.61 Å². The van der Waals surface area contributed by atoms with Crippen molar-refractivity contribution in [2.45, 2.75) is 38.0 Å². The highest BCUT2D eigenvalue weighted by Gasteiger charge is 2.44. The van der Waals surface area contributed by atoms with E-state index in [0.29, 0.717) is 0 Å². The standard InChI is InChI=1S/C15H14F2N2O4/c16-15(17)23-10-3-1-2-8(6-10)14(22)19(9-4-5-9)11-7-12(20)18-13(11)21/h1-3,6,9,11,15H,4-5,7H2,(H,18,20,21). The Morgan fingerprint density at radius 1 is 1.30 bits per heavy atom. The quantitative estimate of drug-likeness (QED) is 0.829. The van der Waals surface area contributed by atoms with Crippen LogP contribution in [-0.2, 0) is 9.59 Å². The van der Waals surface area contributed by atoms with Crippen molar-refractivity contribution in [1.29, 1.82) is 0 Å². The Morgan fingerprint density at radius 3 is 2.61 bits per heavy atom. The molecule has 1 atom stereocenters. The van der Waals surface area contributed by atoms with Crippen LogP contribution in [0.4, 0.5) is 8.78 Å². The predicted molar refractivity (Wildman–Crippen MR) is 73.8 cm³/mol. The molecular formula is C15H14F2N2O4. The molecule has 1 aromatic carbocycles. The Bertz CT molecular complexity index is 661. The maximum absolute atomic E-state index is 12.7. The van der Waals surface area contributed by atoms with E-state index in [2.05, 4.69) is 10.1 Å². The average Bonchev–Trinajstić information content (AvgIpc) is 3.25. The molecule has 1 aliphatic carbocycles. The van der Waals surface area contributed by atoms with Crippen LogP contribution in [0.1, 0.15) is 29.6 Å². The minimum absolute atomic E-state index is 0.0751. The highest BCUT2D eigenvalue weighted by atomic mass is 19.3. The summed E-state index contributed by atoms with van der Waals surface area (Å²) in [5, 5.41) is 2.18. The van der Waals surface area contributed by atoms with Crippen molar-refractivity contribution in [3.05, 3.63) is 29.8 Å². The second-order valence-corrected chi connectivity index (χ2v) is 5.48. The Hall–Kier alpha value is -2.51. The lowest BCUT2D eigenvalue weighted by Gasteiger charge is -2.27. The SMILES string of the molecule is O=C1CC(N(C(=O)c2cccc(OC(F)F)c2)C2CC2)C(=O)N1. The van der Waals surface area contributed by atoms with Gasteiger partial charge < -0.3 is 9.64 Å². The number of hydrogen-bond acceptors (Lipinski definition) is 4. The molecule has 122 valence electrons. The lowest BCUT2D eigenvalue weighted by Crippen LogP contribution is -2.45. The third-order valence-corrected chi connectivity index (χ3v) is 3.76. The van der Waals surface area contributed by atoms with Crippen LogP contribution in [0.15, 0.2) is 24.3 Å². The molecule has 0 bridgehead atoms. The Morgan fingerprint density at radius 2 is 2.04 bits per heavy atom. The van der Waals surface area contributed by atoms with Gasteiger partial charge in [0.25, 0.3) is 5.91 Å². The van der Waals surface area contributed by atoms with Gasteiger partial charge in [0, 0.05) is 11.6 Å². The van der Waals surface area contributed by atoms with Crippen LogP contribution in [0, 0.1) is 0 Å². The van der Waals surface area contributed by atoms with E-state index in [9.17, 15) is 23.2 Å². The van der Waals surface area contributed by atoms with Gasteiger partial charge in [-0.2, -0.15) is 8.78 Å². The Labute approximate surface area is 130 Å². The summed E-state index contributed by atoms with van der Waals surface area (Å²) in [6, 6.07) is 4.46. The summed E-state index contributed by atoms with van der Waals surface area (Å²) < 4.78 is 28.9. The molecule has 6 nitrogen and oxygen atoms in total. The normalized spacial score (nSPS) is 20.6. The summed E-state index contributed by atoms with van der Waals surface area (Å²) in [7, 11) is 0. The topological polar surface area (TPSA) is 75.7 Å². The maximum Gasteiger partial charge on any atom is 0.387 e. The maximum atomic E-state index is 12.7. The van der Waals surface area contributed by atoms with Gasteiger partial charge in [0.1, 0.15) is 11.8 Å². The third kappa shape index (κ3) is 3.30. The van der Waals surface area contributed by atoms with Crippen molar-refractivity contribution in [1.82, 2.24) is 10.2 Å². The van der Waals surface area contributed by atoms with Crippen molar-refractivity contribution in [3.8, 4) is 5.75 Å². The van der Waals surface area contributed by atoms with Gasteiger partial charge in [0.15, 0.2) is 0 Å². The van der Waals surface area contributed by atoms with Crippen LogP contribution < -0.4 is 10.1 Å². The first kappa shape index (κ1) is 15.4. The number of imide groups is 1. The molecule has 0 radical (unpaired) electrons. The molecule has 2 fully saturated rings. The summed E-state index contributed by atoms with van der Waals surface area (Å²) in [4.78, 5) is 37.3. The minimum Gasteiger partial charge on any atom is -0.435 e. The minimum atomic E-state index is -2.99. The number of amides is 3. The summed E-state index contributed by atoms with van der Waals surface area (Å²) in [6.07, 6.45) is 1.42. The van der Waals surface area contributed by atoms with Crippen LogP contribution in [0.3, 0.4) is 0 Å². The Balaban J connectivity index is 1.84. The van der Waals surface area contributed by atoms with E-state index in [4.69, 9.17) is 0 Å². The highest BCUT2D eigenvalue weighted by Crippen LogP contribution is 2.32. The van der Waals surface area contributed by atoms with Crippen molar-refractivity contribution in [2.24, 2.45) is 0 Å². The fraction of sp³-hybridized carbons (Fsp3) is 0.400. The molecular weight excluding hydrogens is 310 g/mol. The molecule has 2 aliphatic rings. The number of halogens is 2. The molecule has 1 aliphatic heterocycles. The lowest BCUT2D eigenvalue weighted by atomic mass is 10.1. The van der Waals surface area contributed by atoms with E-state index in [1.54, 1.807) is 0 Å². The zero-order valence-electron chi connectivity index (χ0n) is 12.0. The van der Waals surface area contributed by atoms with E-state index >= 15 is 0 Å². The van der Waals surface area contributed by atoms with E-state index in [1.807, 2.05) is 0 Å². The molecule has 3 rings (SSSR count). The number of nitrogens with one attached hydrogen (secondary N) is 1. The van der Waals surface area contributed by atoms with Crippen molar-refractivity contribution in [2.75, 3.05) is 0 Å². The van der Waals surface area contributed by atoms with Gasteiger partial charge in [0.2, 0.25) is 11.8 Å². The summed E-state index contributed by atoms with van der Waals surface area (Å²) >= 11 is 0. The first-order valence-electron chi connectivity index (χ1n) is 7.17. The van der Waals surface area contributed by atoms with Crippen LogP contribution in [0.2, 0.25) is 0 Å². The van der Waals surface area contributed by atoms with Crippen molar-refractivity contribution in [3.63, 3.8) is 0 Å². The zero-order chi connectivity index (χ0) is 16.6. The zero-order valence-corrected chi connectivity index (χ0v) is 12.0. The van der Waals surface area contributed by atoms with Crippen molar-refractivity contribution < 1.29 is 27.9 Å². The summed E-state index contributed by atoms with van der Waals surface area (Å²) in [5.41, 5.74) is 0.141. The molecule has 1 heterocycles. The molecule has 23 heavy (non-hydrogen) atoms. The number of carbonyl (C=O) groups is 3. The third-order valence-electron chi connectivity index (χ3n) is 3.76. The molecule has 1 saturated heterocycles. The predicted octanol–water partition coefficient (Wildman–Crippen LogP) is 1.31. The highest BCUT2D eigenvalue weighted by molar-refractivity contribution is 6.08. The van der Waals surface area contributed by atoms with Gasteiger partial charge in [0.05, 0.1) is 6.42 Å². The van der Waals surface area contributed by atoms with Crippen molar-refractivity contribution >= 4 is 17.7 Å². The lowest BCUT2D eigenvalue weighted by molar-refractivity contribution is -0.126. The van der Waals surface area contributed by atoms with Gasteiger partial charge in [-0.05, 0) is 31.0 Å². The van der Waals surface area contributed by atoms with Crippen LogP contribution in [0.5, 0.6) is 5.75 Å². The van der Waals surface area contributed by atoms with E-state index in [-0.39, 0.29) is 23.8 Å². The molecule has 0 spiro atoms. The number of carbonyl (C=O) groups excluding carboxylic acids is 3. The van der Waals surface area contributed by atoms with Gasteiger partial charge in [-0.1, -0.05) is 6.07 Å². The van der Waals surface area contributed by atoms with Gasteiger partial charge in [-0.25, -0.2) is 0 Å². The second kappa shape index (κ2) is 5.94. The number of ether oxygens (including phenoxy) is 1. The largest absolute Gasteiger partial charge is 0.435 e. The summed E-state index contributed by atoms with van der Waals surface area (Å²) in [5.74, 6) is -1.53. The van der Waals surface area contributed by atoms with Crippen LogP contribution in [-0.4, -0.2) is 41.3 Å². The number of alkyl halides is 2. The van der Waals surface area contributed by atoms with E-state index in [0.717, 1.165) is 12.8 Å². The number of benzene rings is 1. The fourth-order valence-corrected chi connectivity index (χ4v) is 2.63. The molecule has 1 N–H and O–H groups in total. The second-order valence-electron chi connectivity index (χ2n) is 5.48. The Kier molecular flexibility index (Phi) is 3.97.